The number of thioether (sulfide) groups is 1. The van der Waals surface area contributed by atoms with E-state index in [1.54, 1.807) is 33.6 Å². The predicted octanol–water partition coefficient (Wildman–Crippen LogP) is 3.41. The molecule has 0 saturated heterocycles. The van der Waals surface area contributed by atoms with Gasteiger partial charge < -0.3 is 4.90 Å². The van der Waals surface area contributed by atoms with Gasteiger partial charge in [0.1, 0.15) is 32.2 Å². The minimum absolute atomic E-state index is 0.0933. The Balaban J connectivity index is 1.66. The summed E-state index contributed by atoms with van der Waals surface area (Å²) >= 11 is 4.67. The van der Waals surface area contributed by atoms with Gasteiger partial charge in [0.2, 0.25) is 5.52 Å². The van der Waals surface area contributed by atoms with Crippen LogP contribution in [0.1, 0.15) is 10.6 Å². The molecule has 0 fully saturated rings. The van der Waals surface area contributed by atoms with Crippen LogP contribution in [0.4, 0.5) is 5.69 Å². The van der Waals surface area contributed by atoms with Gasteiger partial charge >= 0.3 is 0 Å². The Morgan fingerprint density at radius 1 is 1.03 bits per heavy atom. The molecule has 0 saturated carbocycles. The summed E-state index contributed by atoms with van der Waals surface area (Å²) in [7, 11) is 4.02. The molecule has 6 rings (SSSR count). The average Bonchev–Trinajstić information content (AvgIpc) is 3.46. The molecule has 0 radical (unpaired) electrons. The number of pyridine rings is 1. The van der Waals surface area contributed by atoms with Crippen LogP contribution >= 0.6 is 34.4 Å². The van der Waals surface area contributed by atoms with Gasteiger partial charge in [-0.1, -0.05) is 47.4 Å². The van der Waals surface area contributed by atoms with Gasteiger partial charge in [0, 0.05) is 24.1 Å². The van der Waals surface area contributed by atoms with E-state index >= 15 is 0 Å². The van der Waals surface area contributed by atoms with Crippen LogP contribution in [-0.4, -0.2) is 11.4 Å². The van der Waals surface area contributed by atoms with Gasteiger partial charge in [-0.15, -0.1) is 11.3 Å². The van der Waals surface area contributed by atoms with Gasteiger partial charge in [0.05, 0.1) is 16.6 Å². The number of nitrogens with zero attached hydrogens (tertiary/aromatic N) is 4. The second kappa shape index (κ2) is 7.59. The molecule has 8 heteroatoms. The lowest BCUT2D eigenvalue weighted by molar-refractivity contribution is -0.642. The number of hydrogen-bond acceptors (Lipinski definition) is 6. The Labute approximate surface area is 201 Å². The highest BCUT2D eigenvalue weighted by atomic mass is 32.2. The van der Waals surface area contributed by atoms with Gasteiger partial charge in [-0.05, 0) is 30.3 Å². The fraction of sp³-hybridized carbons (Fsp3) is 0.0800. The Morgan fingerprint density at radius 2 is 1.82 bits per heavy atom. The summed E-state index contributed by atoms with van der Waals surface area (Å²) in [6.07, 6.45) is 2.03. The highest BCUT2D eigenvalue weighted by Gasteiger charge is 2.25. The highest BCUT2D eigenvalue weighted by molar-refractivity contribution is 8.08. The normalized spacial score (nSPS) is 15.4. The van der Waals surface area contributed by atoms with Gasteiger partial charge in [0.25, 0.3) is 10.6 Å². The van der Waals surface area contributed by atoms with Gasteiger partial charge in [0.15, 0.2) is 0 Å². The molecule has 0 bridgehead atoms. The Kier molecular flexibility index (Phi) is 4.66. The van der Waals surface area contributed by atoms with Crippen LogP contribution in [0.3, 0.4) is 0 Å². The number of rotatable bonds is 1. The number of para-hydroxylation sites is 2. The van der Waals surface area contributed by atoms with Crippen molar-refractivity contribution in [2.75, 3.05) is 11.9 Å². The van der Waals surface area contributed by atoms with E-state index in [1.807, 2.05) is 50.5 Å². The Morgan fingerprint density at radius 3 is 2.61 bits per heavy atom. The van der Waals surface area contributed by atoms with Crippen LogP contribution in [0, 0.1) is 11.3 Å². The molecule has 4 heterocycles. The van der Waals surface area contributed by atoms with Crippen LogP contribution in [-0.2, 0) is 7.05 Å². The monoisotopic (exact) mass is 485 g/mol. The number of anilines is 1. The van der Waals surface area contributed by atoms with Crippen molar-refractivity contribution in [1.29, 1.82) is 5.26 Å². The summed E-state index contributed by atoms with van der Waals surface area (Å²) in [5, 5.41) is 12.4. The van der Waals surface area contributed by atoms with Crippen molar-refractivity contribution in [2.45, 2.75) is 4.90 Å². The lowest BCUT2D eigenvalue weighted by Gasteiger charge is -2.11. The van der Waals surface area contributed by atoms with E-state index in [-0.39, 0.29) is 5.56 Å². The zero-order valence-electron chi connectivity index (χ0n) is 17.8. The maximum atomic E-state index is 13.7. The molecule has 1 aliphatic rings. The number of hydrogen-bond donors (Lipinski definition) is 0. The molecule has 5 nitrogen and oxygen atoms in total. The molecule has 2 aromatic carbocycles. The second-order valence-corrected chi connectivity index (χ2v) is 10.8. The first-order valence-electron chi connectivity index (χ1n) is 10.3. The zero-order chi connectivity index (χ0) is 22.7. The molecule has 160 valence electrons. The number of aryl methyl sites for hydroxylation is 1. The van der Waals surface area contributed by atoms with Crippen molar-refractivity contribution in [3.63, 3.8) is 0 Å². The van der Waals surface area contributed by atoms with E-state index in [1.165, 1.54) is 16.0 Å². The van der Waals surface area contributed by atoms with Crippen molar-refractivity contribution in [3.8, 4) is 6.07 Å². The fourth-order valence-electron chi connectivity index (χ4n) is 4.11. The smallest absolute Gasteiger partial charge is 0.276 e. The van der Waals surface area contributed by atoms with E-state index in [4.69, 9.17) is 0 Å². The quantitative estimate of drug-likeness (QED) is 0.342. The topological polar surface area (TPSA) is 52.4 Å². The summed E-state index contributed by atoms with van der Waals surface area (Å²) in [5.41, 5.74) is 2.65. The zero-order valence-corrected chi connectivity index (χ0v) is 20.2. The first-order chi connectivity index (χ1) is 16.1. The SMILES string of the molecule is CN1C(=c2sc3c(C#N)ccc(=Cc4sc5ccccc5[n+]4C)n3c2=O)Sc2ccccc21. The summed E-state index contributed by atoms with van der Waals surface area (Å²) in [6.45, 7) is 0. The van der Waals surface area contributed by atoms with Crippen molar-refractivity contribution in [2.24, 2.45) is 7.05 Å². The highest BCUT2D eigenvalue weighted by Crippen LogP contribution is 2.45. The molecule has 0 N–H and O–H groups in total. The molecule has 1 aliphatic heterocycles. The minimum Gasteiger partial charge on any atom is -0.337 e. The Hall–Kier alpha value is -3.38. The molecule has 33 heavy (non-hydrogen) atoms. The lowest BCUT2D eigenvalue weighted by atomic mass is 10.3. The van der Waals surface area contributed by atoms with Crippen molar-refractivity contribution >= 4 is 66.3 Å². The first-order valence-corrected chi connectivity index (χ1v) is 12.7. The maximum Gasteiger partial charge on any atom is 0.276 e. The number of thiazole rings is 2. The van der Waals surface area contributed by atoms with E-state index in [2.05, 4.69) is 39.8 Å². The molecular weight excluding hydrogens is 469 g/mol. The molecule has 3 aromatic heterocycles. The fourth-order valence-corrected chi connectivity index (χ4v) is 7.64. The maximum absolute atomic E-state index is 13.7. The molecular formula is C25H17N4OS3+. The Bertz CT molecular complexity index is 1820. The third-order valence-electron chi connectivity index (χ3n) is 5.80. The predicted molar refractivity (Wildman–Crippen MR) is 136 cm³/mol. The summed E-state index contributed by atoms with van der Waals surface area (Å²) in [4.78, 5) is 17.6. The largest absolute Gasteiger partial charge is 0.337 e. The van der Waals surface area contributed by atoms with Gasteiger partial charge in [-0.3, -0.25) is 9.20 Å². The first kappa shape index (κ1) is 20.2. The number of benzene rings is 2. The van der Waals surface area contributed by atoms with Gasteiger partial charge in [-0.2, -0.15) is 9.83 Å². The third kappa shape index (κ3) is 3.04. The lowest BCUT2D eigenvalue weighted by Crippen LogP contribution is -2.35. The van der Waals surface area contributed by atoms with E-state index in [0.717, 1.165) is 31.5 Å². The van der Waals surface area contributed by atoms with Crippen molar-refractivity contribution < 1.29 is 4.57 Å². The van der Waals surface area contributed by atoms with Crippen LogP contribution in [0.25, 0.3) is 26.2 Å². The van der Waals surface area contributed by atoms with Crippen LogP contribution < -0.4 is 24.9 Å². The van der Waals surface area contributed by atoms with Crippen molar-refractivity contribution in [1.82, 2.24) is 4.40 Å². The molecule has 0 atom stereocenters. The van der Waals surface area contributed by atoms with E-state index in [0.29, 0.717) is 14.9 Å². The third-order valence-corrected chi connectivity index (χ3v) is 9.50. The average molecular weight is 486 g/mol. The summed E-state index contributed by atoms with van der Waals surface area (Å²) in [6, 6.07) is 22.3. The van der Waals surface area contributed by atoms with Crippen LogP contribution in [0.15, 0.2) is 70.4 Å². The molecule has 0 aliphatic carbocycles. The number of fused-ring (bicyclic) bond motifs is 3. The van der Waals surface area contributed by atoms with Crippen molar-refractivity contribution in [3.05, 3.63) is 91.5 Å². The standard InChI is InChI=1S/C25H17N4OS3/c1-27-17-7-3-5-9-19(17)31-21(27)13-16-12-11-15(14-26)24-29(16)23(30)22(33-24)25-28(2)18-8-4-6-10-20(18)32-25/h3-13H,1-2H3/q+1. The summed E-state index contributed by atoms with van der Waals surface area (Å²) in [5.74, 6) is 0. The minimum atomic E-state index is -0.0933. The summed E-state index contributed by atoms with van der Waals surface area (Å²) < 4.78 is 5.66. The second-order valence-electron chi connectivity index (χ2n) is 7.71. The van der Waals surface area contributed by atoms with E-state index in [9.17, 15) is 10.1 Å². The van der Waals surface area contributed by atoms with Crippen LogP contribution in [0.2, 0.25) is 0 Å². The molecule has 0 spiro atoms. The van der Waals surface area contributed by atoms with Crippen LogP contribution in [0.5, 0.6) is 0 Å². The molecule has 0 unspecified atom stereocenters. The van der Waals surface area contributed by atoms with Gasteiger partial charge in [-0.25, -0.2) is 0 Å². The number of aromatic nitrogens is 2. The number of nitriles is 1. The molecule has 0 amide bonds. The van der Waals surface area contributed by atoms with E-state index < -0.39 is 0 Å². The molecule has 5 aromatic rings.